The van der Waals surface area contributed by atoms with Gasteiger partial charge >= 0.3 is 0 Å². The van der Waals surface area contributed by atoms with Crippen molar-refractivity contribution in [3.8, 4) is 0 Å². The Morgan fingerprint density at radius 2 is 1.72 bits per heavy atom. The Bertz CT molecular complexity index is 383. The van der Waals surface area contributed by atoms with Gasteiger partial charge in [0.1, 0.15) is 0 Å². The molecule has 18 heavy (non-hydrogen) atoms. The Morgan fingerprint density at radius 1 is 1.06 bits per heavy atom. The summed E-state index contributed by atoms with van der Waals surface area (Å²) in [6, 6.07) is 0.378. The Hall–Kier alpha value is -1.67. The van der Waals surface area contributed by atoms with Crippen molar-refractivity contribution < 1.29 is 10.0 Å². The van der Waals surface area contributed by atoms with Crippen molar-refractivity contribution in [2.75, 3.05) is 23.4 Å². The summed E-state index contributed by atoms with van der Waals surface area (Å²) in [6.45, 7) is 0. The lowest BCUT2D eigenvalue weighted by molar-refractivity contribution is 0.266. The molecule has 0 bridgehead atoms. The molecule has 1 heterocycles. The topological polar surface area (TPSA) is 104 Å². The van der Waals surface area contributed by atoms with Crippen LogP contribution in [-0.2, 0) is 4.84 Å². The summed E-state index contributed by atoms with van der Waals surface area (Å²) in [4.78, 5) is 16.8. The quantitative estimate of drug-likeness (QED) is 0.584. The van der Waals surface area contributed by atoms with Crippen molar-refractivity contribution in [2.24, 2.45) is 0 Å². The first-order valence-electron chi connectivity index (χ1n) is 6.03. The van der Waals surface area contributed by atoms with E-state index in [1.54, 1.807) is 0 Å². The second kappa shape index (κ2) is 6.31. The van der Waals surface area contributed by atoms with Crippen LogP contribution < -0.4 is 16.3 Å². The van der Waals surface area contributed by atoms with Crippen molar-refractivity contribution in [2.45, 2.75) is 38.1 Å². The SMILES string of the molecule is CONc1nc(NO)nc(NC2CCCCC2)n1. The fourth-order valence-corrected chi connectivity index (χ4v) is 2.06. The van der Waals surface area contributed by atoms with Crippen molar-refractivity contribution in [3.63, 3.8) is 0 Å². The zero-order valence-electron chi connectivity index (χ0n) is 10.3. The third kappa shape index (κ3) is 3.41. The molecule has 0 saturated heterocycles. The van der Waals surface area contributed by atoms with Crippen molar-refractivity contribution in [1.29, 1.82) is 0 Å². The molecule has 1 aliphatic carbocycles. The summed E-state index contributed by atoms with van der Waals surface area (Å²) in [5.41, 5.74) is 4.41. The van der Waals surface area contributed by atoms with Crippen LogP contribution in [0.2, 0.25) is 0 Å². The maximum absolute atomic E-state index is 8.86. The minimum Gasteiger partial charge on any atom is -0.351 e. The van der Waals surface area contributed by atoms with Crippen LogP contribution in [0.25, 0.3) is 0 Å². The van der Waals surface area contributed by atoms with Crippen LogP contribution in [0.4, 0.5) is 17.8 Å². The molecule has 0 amide bonds. The number of rotatable bonds is 5. The summed E-state index contributed by atoms with van der Waals surface area (Å²) in [5.74, 6) is 0.734. The lowest BCUT2D eigenvalue weighted by atomic mass is 9.96. The molecule has 100 valence electrons. The number of hydrogen-bond acceptors (Lipinski definition) is 8. The zero-order chi connectivity index (χ0) is 12.8. The molecule has 1 aliphatic rings. The molecule has 4 N–H and O–H groups in total. The van der Waals surface area contributed by atoms with Gasteiger partial charge in [0.25, 0.3) is 11.9 Å². The highest BCUT2D eigenvalue weighted by molar-refractivity contribution is 5.40. The summed E-state index contributed by atoms with van der Waals surface area (Å²) in [7, 11) is 1.46. The summed E-state index contributed by atoms with van der Waals surface area (Å²) in [5, 5.41) is 12.1. The van der Waals surface area contributed by atoms with Gasteiger partial charge in [-0.1, -0.05) is 19.3 Å². The van der Waals surface area contributed by atoms with Crippen LogP contribution in [0, 0.1) is 0 Å². The third-order valence-electron chi connectivity index (χ3n) is 2.87. The Morgan fingerprint density at radius 3 is 2.39 bits per heavy atom. The monoisotopic (exact) mass is 254 g/mol. The van der Waals surface area contributed by atoms with Gasteiger partial charge in [0, 0.05) is 6.04 Å². The molecule has 0 radical (unpaired) electrons. The number of nitrogens with one attached hydrogen (secondary N) is 3. The van der Waals surface area contributed by atoms with E-state index in [2.05, 4.69) is 25.7 Å². The molecular formula is C10H18N6O2. The molecule has 0 atom stereocenters. The molecule has 1 saturated carbocycles. The largest absolute Gasteiger partial charge is 0.351 e. The van der Waals surface area contributed by atoms with Gasteiger partial charge in [-0.05, 0) is 12.8 Å². The lowest BCUT2D eigenvalue weighted by Gasteiger charge is -2.22. The van der Waals surface area contributed by atoms with Crippen LogP contribution in [0.1, 0.15) is 32.1 Å². The Labute approximate surface area is 105 Å². The molecule has 0 spiro atoms. The second-order valence-electron chi connectivity index (χ2n) is 4.20. The molecule has 8 nitrogen and oxygen atoms in total. The normalized spacial score (nSPS) is 16.3. The molecule has 1 aromatic rings. The first-order chi connectivity index (χ1) is 8.81. The van der Waals surface area contributed by atoms with E-state index in [-0.39, 0.29) is 11.9 Å². The van der Waals surface area contributed by atoms with E-state index in [0.29, 0.717) is 12.0 Å². The fourth-order valence-electron chi connectivity index (χ4n) is 2.06. The van der Waals surface area contributed by atoms with Crippen molar-refractivity contribution >= 4 is 17.8 Å². The smallest absolute Gasteiger partial charge is 0.253 e. The van der Waals surface area contributed by atoms with Crippen LogP contribution in [0.5, 0.6) is 0 Å². The Kier molecular flexibility index (Phi) is 4.48. The van der Waals surface area contributed by atoms with E-state index in [0.717, 1.165) is 12.8 Å². The number of anilines is 3. The molecular weight excluding hydrogens is 236 g/mol. The number of hydrogen-bond donors (Lipinski definition) is 4. The van der Waals surface area contributed by atoms with Gasteiger partial charge in [-0.2, -0.15) is 15.0 Å². The number of nitrogens with zero attached hydrogens (tertiary/aromatic N) is 3. The highest BCUT2D eigenvalue weighted by atomic mass is 16.6. The highest BCUT2D eigenvalue weighted by Gasteiger charge is 2.15. The van der Waals surface area contributed by atoms with E-state index in [1.807, 2.05) is 5.48 Å². The van der Waals surface area contributed by atoms with E-state index in [4.69, 9.17) is 10.0 Å². The van der Waals surface area contributed by atoms with Gasteiger partial charge < -0.3 is 5.32 Å². The predicted octanol–water partition coefficient (Wildman–Crippen LogP) is 1.39. The van der Waals surface area contributed by atoms with Gasteiger partial charge in [-0.15, -0.1) is 0 Å². The second-order valence-corrected chi connectivity index (χ2v) is 4.20. The third-order valence-corrected chi connectivity index (χ3v) is 2.87. The van der Waals surface area contributed by atoms with Crippen molar-refractivity contribution in [3.05, 3.63) is 0 Å². The van der Waals surface area contributed by atoms with E-state index in [9.17, 15) is 0 Å². The standard InChI is InChI=1S/C10H18N6O2/c1-18-16-10-13-8(12-9(14-10)15-17)11-7-5-3-2-4-6-7/h7,17H,2-6H2,1H3,(H3,11,12,13,14,15,16). The van der Waals surface area contributed by atoms with Gasteiger partial charge in [0.15, 0.2) is 0 Å². The maximum Gasteiger partial charge on any atom is 0.253 e. The summed E-state index contributed by atoms with van der Waals surface area (Å²) in [6.07, 6.45) is 5.95. The molecule has 0 unspecified atom stereocenters. The molecule has 2 rings (SSSR count). The lowest BCUT2D eigenvalue weighted by Crippen LogP contribution is -2.24. The van der Waals surface area contributed by atoms with Gasteiger partial charge in [-0.25, -0.2) is 11.0 Å². The van der Waals surface area contributed by atoms with Gasteiger partial charge in [0.05, 0.1) is 7.11 Å². The molecule has 1 fully saturated rings. The molecule has 1 aromatic heterocycles. The highest BCUT2D eigenvalue weighted by Crippen LogP contribution is 2.20. The van der Waals surface area contributed by atoms with Gasteiger partial charge in [-0.3, -0.25) is 10.0 Å². The average molecular weight is 254 g/mol. The molecule has 0 aromatic carbocycles. The zero-order valence-corrected chi connectivity index (χ0v) is 10.3. The van der Waals surface area contributed by atoms with Crippen molar-refractivity contribution in [1.82, 2.24) is 15.0 Å². The first kappa shape index (κ1) is 12.8. The van der Waals surface area contributed by atoms with Crippen LogP contribution >= 0.6 is 0 Å². The Balaban J connectivity index is 2.07. The maximum atomic E-state index is 8.86. The fraction of sp³-hybridized carbons (Fsp3) is 0.700. The minimum atomic E-state index is 0.0721. The average Bonchev–Trinajstić information content (AvgIpc) is 2.40. The minimum absolute atomic E-state index is 0.0721. The molecule has 8 heteroatoms. The van der Waals surface area contributed by atoms with Crippen LogP contribution in [-0.4, -0.2) is 33.3 Å². The van der Waals surface area contributed by atoms with Crippen LogP contribution in [0.15, 0.2) is 0 Å². The first-order valence-corrected chi connectivity index (χ1v) is 6.03. The predicted molar refractivity (Wildman–Crippen MR) is 66.4 cm³/mol. The summed E-state index contributed by atoms with van der Waals surface area (Å²) >= 11 is 0. The van der Waals surface area contributed by atoms with E-state index < -0.39 is 0 Å². The summed E-state index contributed by atoms with van der Waals surface area (Å²) < 4.78 is 0. The van der Waals surface area contributed by atoms with Crippen LogP contribution in [0.3, 0.4) is 0 Å². The van der Waals surface area contributed by atoms with E-state index in [1.165, 1.54) is 26.4 Å². The van der Waals surface area contributed by atoms with Gasteiger partial charge in [0.2, 0.25) is 5.95 Å². The van der Waals surface area contributed by atoms with E-state index >= 15 is 0 Å². The molecule has 0 aliphatic heterocycles. The number of aromatic nitrogens is 3.